The second kappa shape index (κ2) is 8.78. The van der Waals surface area contributed by atoms with Crippen molar-refractivity contribution < 1.29 is 27.5 Å². The van der Waals surface area contributed by atoms with Crippen LogP contribution in [0.1, 0.15) is 19.4 Å². The zero-order valence-electron chi connectivity index (χ0n) is 16.2. The van der Waals surface area contributed by atoms with Gasteiger partial charge in [0.05, 0.1) is 19.1 Å². The number of ether oxygens (including phenoxy) is 2. The molecule has 9 heteroatoms. The second-order valence-corrected chi connectivity index (χ2v) is 11.3. The van der Waals surface area contributed by atoms with E-state index in [1.165, 1.54) is 38.1 Å². The van der Waals surface area contributed by atoms with E-state index in [9.17, 15) is 18.0 Å². The van der Waals surface area contributed by atoms with Crippen molar-refractivity contribution in [1.82, 2.24) is 0 Å². The summed E-state index contributed by atoms with van der Waals surface area (Å²) in [5.74, 6) is 0.753. The summed E-state index contributed by atoms with van der Waals surface area (Å²) in [7, 11) is -4.29. The highest BCUT2D eigenvalue weighted by Gasteiger charge is 2.29. The van der Waals surface area contributed by atoms with Crippen molar-refractivity contribution in [3.8, 4) is 11.5 Å². The van der Waals surface area contributed by atoms with E-state index in [2.05, 4.69) is 4.72 Å². The van der Waals surface area contributed by atoms with Crippen molar-refractivity contribution in [2.45, 2.75) is 24.3 Å². The summed E-state index contributed by atoms with van der Waals surface area (Å²) >= 11 is 0. The fourth-order valence-corrected chi connectivity index (χ4v) is 4.17. The fourth-order valence-electron chi connectivity index (χ4n) is 2.27. The first kappa shape index (κ1) is 22.0. The van der Waals surface area contributed by atoms with Gasteiger partial charge in [-0.25, -0.2) is 8.42 Å². The van der Waals surface area contributed by atoms with E-state index in [0.717, 1.165) is 5.56 Å². The summed E-state index contributed by atoms with van der Waals surface area (Å²) in [6, 6.07) is 10.9. The van der Waals surface area contributed by atoms with Crippen LogP contribution < -0.4 is 14.2 Å². The second-order valence-electron chi connectivity index (χ2n) is 6.52. The van der Waals surface area contributed by atoms with Gasteiger partial charge in [-0.05, 0) is 35.5 Å². The van der Waals surface area contributed by atoms with Gasteiger partial charge in [0, 0.05) is 17.3 Å². The number of rotatable bonds is 8. The van der Waals surface area contributed by atoms with Crippen LogP contribution in [0.4, 0.5) is 5.69 Å². The topological polar surface area (TPSA) is 105 Å². The SMILES string of the molecule is COc1ccc(S(=O)(=O)Nc2ccc(C=C[Si](O)(O)C(C)C)cc2)cc1OC. The highest BCUT2D eigenvalue weighted by Crippen LogP contribution is 2.30. The monoisotopic (exact) mass is 423 g/mol. The van der Waals surface area contributed by atoms with Crippen LogP contribution in [0, 0.1) is 0 Å². The molecule has 152 valence electrons. The Morgan fingerprint density at radius 2 is 1.61 bits per heavy atom. The fraction of sp³-hybridized carbons (Fsp3) is 0.263. The van der Waals surface area contributed by atoms with Crippen LogP contribution in [0.3, 0.4) is 0 Å². The molecule has 0 aliphatic rings. The minimum atomic E-state index is -3.81. The Hall–Kier alpha value is -2.33. The summed E-state index contributed by atoms with van der Waals surface area (Å²) in [5, 5.41) is 0. The number of sulfonamides is 1. The summed E-state index contributed by atoms with van der Waals surface area (Å²) in [6.45, 7) is 3.51. The molecule has 2 rings (SSSR count). The van der Waals surface area contributed by atoms with E-state index in [1.807, 2.05) is 0 Å². The van der Waals surface area contributed by atoms with E-state index < -0.39 is 18.6 Å². The van der Waals surface area contributed by atoms with E-state index in [4.69, 9.17) is 9.47 Å². The molecule has 0 saturated heterocycles. The molecule has 0 aromatic heterocycles. The Bertz CT molecular complexity index is 939. The number of methoxy groups -OCH3 is 2. The van der Waals surface area contributed by atoms with Crippen molar-refractivity contribution in [2.75, 3.05) is 18.9 Å². The molecule has 0 spiro atoms. The first-order valence-electron chi connectivity index (χ1n) is 8.58. The van der Waals surface area contributed by atoms with Gasteiger partial charge in [0.1, 0.15) is 0 Å². The Balaban J connectivity index is 2.18. The smallest absolute Gasteiger partial charge is 0.362 e. The van der Waals surface area contributed by atoms with Crippen LogP contribution in [0.5, 0.6) is 11.5 Å². The van der Waals surface area contributed by atoms with Crippen molar-refractivity contribution in [3.05, 3.63) is 53.7 Å². The number of hydrogen-bond acceptors (Lipinski definition) is 6. The summed E-state index contributed by atoms with van der Waals surface area (Å²) < 4.78 is 38.0. The normalized spacial score (nSPS) is 12.4. The molecule has 0 aliphatic heterocycles. The molecule has 28 heavy (non-hydrogen) atoms. The minimum Gasteiger partial charge on any atom is -0.493 e. The van der Waals surface area contributed by atoms with E-state index in [-0.39, 0.29) is 10.4 Å². The largest absolute Gasteiger partial charge is 0.493 e. The average molecular weight is 424 g/mol. The molecular weight excluding hydrogens is 398 g/mol. The zero-order chi connectivity index (χ0) is 20.9. The summed E-state index contributed by atoms with van der Waals surface area (Å²) in [4.78, 5) is 20.0. The molecule has 2 aromatic rings. The lowest BCUT2D eigenvalue weighted by Crippen LogP contribution is -2.35. The lowest BCUT2D eigenvalue weighted by Gasteiger charge is -2.17. The molecule has 3 N–H and O–H groups in total. The van der Waals surface area contributed by atoms with Gasteiger partial charge >= 0.3 is 8.56 Å². The van der Waals surface area contributed by atoms with E-state index >= 15 is 0 Å². The Morgan fingerprint density at radius 3 is 2.14 bits per heavy atom. The van der Waals surface area contributed by atoms with E-state index in [1.54, 1.807) is 44.2 Å². The molecule has 0 bridgehead atoms. The van der Waals surface area contributed by atoms with E-state index in [0.29, 0.717) is 17.2 Å². The lowest BCUT2D eigenvalue weighted by atomic mass is 10.2. The van der Waals surface area contributed by atoms with Crippen molar-refractivity contribution in [1.29, 1.82) is 0 Å². The Kier molecular flexibility index (Phi) is 6.89. The third-order valence-electron chi connectivity index (χ3n) is 4.20. The highest BCUT2D eigenvalue weighted by molar-refractivity contribution is 7.92. The maximum absolute atomic E-state index is 12.6. The number of nitrogens with one attached hydrogen (secondary N) is 1. The first-order chi connectivity index (χ1) is 13.1. The van der Waals surface area contributed by atoms with Gasteiger partial charge in [-0.2, -0.15) is 0 Å². The van der Waals surface area contributed by atoms with Gasteiger partial charge in [-0.3, -0.25) is 4.72 Å². The number of hydrogen-bond donors (Lipinski definition) is 3. The molecule has 0 amide bonds. The van der Waals surface area contributed by atoms with Gasteiger partial charge in [-0.15, -0.1) is 0 Å². The van der Waals surface area contributed by atoms with Crippen molar-refractivity contribution in [3.63, 3.8) is 0 Å². The maximum Gasteiger partial charge on any atom is 0.362 e. The molecular formula is C19H25NO6SSi. The molecule has 0 radical (unpaired) electrons. The Labute approximate surface area is 166 Å². The average Bonchev–Trinajstić information content (AvgIpc) is 2.66. The highest BCUT2D eigenvalue weighted by atomic mass is 32.2. The molecule has 7 nitrogen and oxygen atoms in total. The van der Waals surface area contributed by atoms with Crippen LogP contribution in [0.2, 0.25) is 5.54 Å². The maximum atomic E-state index is 12.6. The van der Waals surface area contributed by atoms with Crippen LogP contribution in [0.15, 0.2) is 53.1 Å². The predicted molar refractivity (Wildman–Crippen MR) is 111 cm³/mol. The van der Waals surface area contributed by atoms with Gasteiger partial charge in [0.2, 0.25) is 0 Å². The number of benzene rings is 2. The zero-order valence-corrected chi connectivity index (χ0v) is 18.0. The standard InChI is InChI=1S/C19H25NO6SSi/c1-14(2)28(23,24)12-11-15-5-7-16(8-6-15)20-27(21,22)17-9-10-18(25-3)19(13-17)26-4/h5-14,20,23-24H,1-4H3. The first-order valence-corrected chi connectivity index (χ1v) is 12.1. The van der Waals surface area contributed by atoms with Gasteiger partial charge < -0.3 is 19.1 Å². The minimum absolute atomic E-state index is 0.0439. The molecule has 0 heterocycles. The van der Waals surface area contributed by atoms with Crippen molar-refractivity contribution in [2.24, 2.45) is 0 Å². The molecule has 2 aromatic carbocycles. The third kappa shape index (κ3) is 5.35. The third-order valence-corrected chi connectivity index (χ3v) is 7.93. The van der Waals surface area contributed by atoms with Crippen LogP contribution in [0.25, 0.3) is 6.08 Å². The predicted octanol–water partition coefficient (Wildman–Crippen LogP) is 2.89. The van der Waals surface area contributed by atoms with Crippen molar-refractivity contribution >= 4 is 30.3 Å². The molecule has 0 unspecified atom stereocenters. The van der Waals surface area contributed by atoms with Gasteiger partial charge in [-0.1, -0.05) is 32.1 Å². The van der Waals surface area contributed by atoms with Gasteiger partial charge in [0.15, 0.2) is 11.5 Å². The lowest BCUT2D eigenvalue weighted by molar-refractivity contribution is 0.354. The number of anilines is 1. The molecule has 0 fully saturated rings. The summed E-state index contributed by atoms with van der Waals surface area (Å²) in [6.07, 6.45) is 1.62. The van der Waals surface area contributed by atoms with Crippen LogP contribution in [-0.4, -0.2) is 40.8 Å². The van der Waals surface area contributed by atoms with Crippen LogP contribution in [-0.2, 0) is 10.0 Å². The summed E-state index contributed by atoms with van der Waals surface area (Å²) in [5.41, 5.74) is 2.32. The Morgan fingerprint density at radius 1 is 1.00 bits per heavy atom. The van der Waals surface area contributed by atoms with Crippen LogP contribution >= 0.6 is 0 Å². The molecule has 0 atom stereocenters. The van der Waals surface area contributed by atoms with Gasteiger partial charge in [0.25, 0.3) is 10.0 Å². The molecule has 0 saturated carbocycles. The quantitative estimate of drug-likeness (QED) is 0.564. The molecule has 0 aliphatic carbocycles.